The summed E-state index contributed by atoms with van der Waals surface area (Å²) >= 11 is 0. The summed E-state index contributed by atoms with van der Waals surface area (Å²) in [5, 5.41) is 1.28. The van der Waals surface area contributed by atoms with Gasteiger partial charge >= 0.3 is 12.3 Å². The van der Waals surface area contributed by atoms with Crippen molar-refractivity contribution >= 4 is 23.1 Å². The molecule has 0 aliphatic rings. The molecule has 0 amide bonds. The minimum Gasteiger partial charge on any atom is -0.430 e. The van der Waals surface area contributed by atoms with Gasteiger partial charge in [0.1, 0.15) is 24.7 Å². The third-order valence-corrected chi connectivity index (χ3v) is 4.00. The zero-order valence-corrected chi connectivity index (χ0v) is 16.2. The average Bonchev–Trinajstić information content (AvgIpc) is 2.71. The van der Waals surface area contributed by atoms with Crippen LogP contribution in [-0.4, -0.2) is 25.5 Å². The Morgan fingerprint density at radius 3 is 2.11 bits per heavy atom. The van der Waals surface area contributed by atoms with Gasteiger partial charge in [-0.3, -0.25) is 0 Å². The van der Waals surface area contributed by atoms with E-state index in [9.17, 15) is 9.59 Å². The molecule has 0 saturated carbocycles. The number of carbonyl (C=O) groups is 2. The Balaban J connectivity index is 2.53. The van der Waals surface area contributed by atoms with E-state index in [1.807, 2.05) is 32.0 Å². The highest BCUT2D eigenvalue weighted by Crippen LogP contribution is 2.38. The highest BCUT2D eigenvalue weighted by Gasteiger charge is 2.19. The van der Waals surface area contributed by atoms with Crippen LogP contribution in [0.1, 0.15) is 25.0 Å². The van der Waals surface area contributed by atoms with E-state index in [2.05, 4.69) is 13.2 Å². The fourth-order valence-corrected chi connectivity index (χ4v) is 2.64. The standard InChI is InChI=1S/C22H24O6/c1-5-11-25-21(23)27-19-14-16(8-4)20(28-22(24)26-12-6-2)17-10-9-15(7-3)13-18(17)19/h5-6,9-10,13-14H,1-2,7-8,11-12H2,3-4H3. The van der Waals surface area contributed by atoms with Gasteiger partial charge in [-0.15, -0.1) is 0 Å². The van der Waals surface area contributed by atoms with Gasteiger partial charge in [-0.2, -0.15) is 0 Å². The quantitative estimate of drug-likeness (QED) is 0.346. The summed E-state index contributed by atoms with van der Waals surface area (Å²) < 4.78 is 20.7. The minimum atomic E-state index is -0.829. The Hall–Kier alpha value is -3.28. The summed E-state index contributed by atoms with van der Waals surface area (Å²) in [5.41, 5.74) is 1.74. The van der Waals surface area contributed by atoms with Crippen molar-refractivity contribution in [3.8, 4) is 11.5 Å². The van der Waals surface area contributed by atoms with Crippen molar-refractivity contribution in [3.05, 3.63) is 60.7 Å². The first kappa shape index (κ1) is 21.0. The summed E-state index contributed by atoms with van der Waals surface area (Å²) in [6, 6.07) is 7.34. The molecule has 148 valence electrons. The molecule has 2 aromatic carbocycles. The maximum Gasteiger partial charge on any atom is 0.514 e. The zero-order valence-electron chi connectivity index (χ0n) is 16.2. The largest absolute Gasteiger partial charge is 0.514 e. The Bertz CT molecular complexity index is 884. The van der Waals surface area contributed by atoms with E-state index in [4.69, 9.17) is 18.9 Å². The predicted molar refractivity (Wildman–Crippen MR) is 107 cm³/mol. The van der Waals surface area contributed by atoms with Crippen molar-refractivity contribution in [1.82, 2.24) is 0 Å². The van der Waals surface area contributed by atoms with Gasteiger partial charge in [0.05, 0.1) is 0 Å². The molecule has 0 bridgehead atoms. The van der Waals surface area contributed by atoms with E-state index < -0.39 is 12.3 Å². The molecule has 0 fully saturated rings. The van der Waals surface area contributed by atoms with Crippen molar-refractivity contribution in [1.29, 1.82) is 0 Å². The molecule has 2 aromatic rings. The first-order chi connectivity index (χ1) is 13.5. The van der Waals surface area contributed by atoms with Gasteiger partial charge in [-0.05, 0) is 36.1 Å². The van der Waals surface area contributed by atoms with Gasteiger partial charge in [0.25, 0.3) is 0 Å². The third-order valence-electron chi connectivity index (χ3n) is 4.00. The fraction of sp³-hybridized carbons (Fsp3) is 0.273. The Morgan fingerprint density at radius 1 is 0.893 bits per heavy atom. The number of hydrogen-bond acceptors (Lipinski definition) is 6. The van der Waals surface area contributed by atoms with Crippen molar-refractivity contribution in [3.63, 3.8) is 0 Å². The molecule has 0 spiro atoms. The lowest BCUT2D eigenvalue weighted by atomic mass is 9.99. The molecule has 0 atom stereocenters. The van der Waals surface area contributed by atoms with Crippen LogP contribution in [-0.2, 0) is 22.3 Å². The molecular weight excluding hydrogens is 360 g/mol. The number of rotatable bonds is 8. The molecule has 2 rings (SSSR count). The highest BCUT2D eigenvalue weighted by molar-refractivity contribution is 5.97. The number of aryl methyl sites for hydroxylation is 2. The lowest BCUT2D eigenvalue weighted by Crippen LogP contribution is -2.13. The second-order valence-electron chi connectivity index (χ2n) is 5.85. The first-order valence-electron chi connectivity index (χ1n) is 9.03. The van der Waals surface area contributed by atoms with Crippen molar-refractivity contribution in [2.45, 2.75) is 26.7 Å². The Kier molecular flexibility index (Phi) is 7.63. The molecule has 0 aliphatic heterocycles. The second-order valence-corrected chi connectivity index (χ2v) is 5.85. The molecule has 0 unspecified atom stereocenters. The van der Waals surface area contributed by atoms with Crippen molar-refractivity contribution < 1.29 is 28.5 Å². The van der Waals surface area contributed by atoms with E-state index in [1.54, 1.807) is 6.07 Å². The lowest BCUT2D eigenvalue weighted by molar-refractivity contribution is 0.108. The van der Waals surface area contributed by atoms with Crippen LogP contribution in [0.15, 0.2) is 49.6 Å². The summed E-state index contributed by atoms with van der Waals surface area (Å²) in [5.74, 6) is 0.712. The summed E-state index contributed by atoms with van der Waals surface area (Å²) in [4.78, 5) is 23.9. The minimum absolute atomic E-state index is 0.0496. The molecule has 0 N–H and O–H groups in total. The first-order valence-corrected chi connectivity index (χ1v) is 9.03. The summed E-state index contributed by atoms with van der Waals surface area (Å²) in [7, 11) is 0. The molecule has 0 saturated heterocycles. The van der Waals surface area contributed by atoms with Crippen LogP contribution in [0, 0.1) is 0 Å². The summed E-state index contributed by atoms with van der Waals surface area (Å²) in [6.07, 6.45) is 2.60. The van der Waals surface area contributed by atoms with Gasteiger partial charge in [-0.25, -0.2) is 9.59 Å². The van der Waals surface area contributed by atoms with E-state index in [-0.39, 0.29) is 13.2 Å². The fourth-order valence-electron chi connectivity index (χ4n) is 2.64. The summed E-state index contributed by atoms with van der Waals surface area (Å²) in [6.45, 7) is 11.0. The van der Waals surface area contributed by atoms with Crippen LogP contribution < -0.4 is 9.47 Å². The van der Waals surface area contributed by atoms with Gasteiger partial charge in [0, 0.05) is 10.8 Å². The van der Waals surface area contributed by atoms with Crippen LogP contribution in [0.5, 0.6) is 11.5 Å². The van der Waals surface area contributed by atoms with Crippen molar-refractivity contribution in [2.24, 2.45) is 0 Å². The molecule has 28 heavy (non-hydrogen) atoms. The average molecular weight is 384 g/mol. The number of ether oxygens (including phenoxy) is 4. The van der Waals surface area contributed by atoms with Crippen LogP contribution in [0.4, 0.5) is 9.59 Å². The highest BCUT2D eigenvalue weighted by atomic mass is 16.7. The zero-order chi connectivity index (χ0) is 20.5. The van der Waals surface area contributed by atoms with Crippen LogP contribution in [0.2, 0.25) is 0 Å². The van der Waals surface area contributed by atoms with E-state index >= 15 is 0 Å². The number of benzene rings is 2. The van der Waals surface area contributed by atoms with Crippen molar-refractivity contribution in [2.75, 3.05) is 13.2 Å². The predicted octanol–water partition coefficient (Wildman–Crippen LogP) is 5.37. The molecule has 0 radical (unpaired) electrons. The maximum atomic E-state index is 12.0. The van der Waals surface area contributed by atoms with Crippen LogP contribution >= 0.6 is 0 Å². The molecular formula is C22H24O6. The topological polar surface area (TPSA) is 71.1 Å². The molecule has 6 heteroatoms. The Morgan fingerprint density at radius 2 is 1.54 bits per heavy atom. The number of carbonyl (C=O) groups excluding carboxylic acids is 2. The van der Waals surface area contributed by atoms with Crippen LogP contribution in [0.3, 0.4) is 0 Å². The molecule has 0 aliphatic carbocycles. The second kappa shape index (κ2) is 10.2. The van der Waals surface area contributed by atoms with Crippen LogP contribution in [0.25, 0.3) is 10.8 Å². The molecule has 0 heterocycles. The Labute approximate surface area is 164 Å². The van der Waals surface area contributed by atoms with E-state index in [0.29, 0.717) is 34.3 Å². The lowest BCUT2D eigenvalue weighted by Gasteiger charge is -2.16. The van der Waals surface area contributed by atoms with Gasteiger partial charge in [0.2, 0.25) is 0 Å². The monoisotopic (exact) mass is 384 g/mol. The normalized spacial score (nSPS) is 10.2. The number of fused-ring (bicyclic) bond motifs is 1. The van der Waals surface area contributed by atoms with E-state index in [1.165, 1.54) is 12.2 Å². The SMILES string of the molecule is C=CCOC(=O)Oc1cc(CC)c(OC(=O)OCC=C)c2ccc(CC)cc12. The third kappa shape index (κ3) is 5.13. The smallest absolute Gasteiger partial charge is 0.430 e. The number of hydrogen-bond donors (Lipinski definition) is 0. The van der Waals surface area contributed by atoms with Gasteiger partial charge < -0.3 is 18.9 Å². The van der Waals surface area contributed by atoms with Gasteiger partial charge in [-0.1, -0.05) is 51.3 Å². The molecule has 0 aromatic heterocycles. The molecule has 6 nitrogen and oxygen atoms in total. The van der Waals surface area contributed by atoms with Gasteiger partial charge in [0.15, 0.2) is 0 Å². The maximum absolute atomic E-state index is 12.0. The van der Waals surface area contributed by atoms with E-state index in [0.717, 1.165) is 12.0 Å².